The van der Waals surface area contributed by atoms with E-state index in [2.05, 4.69) is 68.5 Å². The molecule has 3 heterocycles. The first-order valence-electron chi connectivity index (χ1n) is 11.1. The molecule has 0 saturated heterocycles. The molecule has 0 fully saturated rings. The van der Waals surface area contributed by atoms with Crippen LogP contribution in [0.2, 0.25) is 0 Å². The normalized spacial score (nSPS) is 11.2. The number of hydrogen-bond acceptors (Lipinski definition) is 9. The minimum absolute atomic E-state index is 0.199. The maximum Gasteiger partial charge on any atom is 0.229 e. The van der Waals surface area contributed by atoms with Gasteiger partial charge in [-0.3, -0.25) is 0 Å². The Morgan fingerprint density at radius 1 is 0.943 bits per heavy atom. The summed E-state index contributed by atoms with van der Waals surface area (Å²) in [6.07, 6.45) is 0. The quantitative estimate of drug-likeness (QED) is 0.356. The first-order chi connectivity index (χ1) is 16.9. The highest BCUT2D eigenvalue weighted by Crippen LogP contribution is 2.33. The summed E-state index contributed by atoms with van der Waals surface area (Å²) in [5.41, 5.74) is 10.9. The highest BCUT2D eigenvalue weighted by molar-refractivity contribution is 7.98. The van der Waals surface area contributed by atoms with Crippen LogP contribution < -0.4 is 10.6 Å². The third kappa shape index (κ3) is 4.65. The van der Waals surface area contributed by atoms with E-state index in [9.17, 15) is 0 Å². The van der Waals surface area contributed by atoms with Crippen molar-refractivity contribution in [2.24, 2.45) is 7.05 Å². The van der Waals surface area contributed by atoms with Crippen LogP contribution in [0, 0.1) is 6.92 Å². The Morgan fingerprint density at radius 3 is 2.49 bits per heavy atom. The summed E-state index contributed by atoms with van der Waals surface area (Å²) in [6, 6.07) is 18.6. The molecule has 35 heavy (non-hydrogen) atoms. The Balaban J connectivity index is 1.51. The molecule has 0 amide bonds. The van der Waals surface area contributed by atoms with E-state index in [1.54, 1.807) is 4.90 Å². The lowest BCUT2D eigenvalue weighted by Gasteiger charge is -2.11. The fraction of sp³-hybridized carbons (Fsp3) is 0.200. The molecule has 2 N–H and O–H groups in total. The highest BCUT2D eigenvalue weighted by Gasteiger charge is 2.17. The number of fused-ring (bicyclic) bond motifs is 1. The van der Waals surface area contributed by atoms with Crippen molar-refractivity contribution < 1.29 is 0 Å². The van der Waals surface area contributed by atoms with E-state index in [1.165, 1.54) is 17.3 Å². The number of rotatable bonds is 6. The standard InChI is InChI=1S/C25H25N9S/c1-15-9-11-16(12-10-15)20-13-18(17-7-5-6-8-19(17)27-20)22-31-32-25(34(22)4)35-14-21-28-23(26)30-24(29-21)33(2)3/h5-13H,14H2,1-4H3,(H2,26,28,29,30). The number of anilines is 2. The van der Waals surface area contributed by atoms with Crippen molar-refractivity contribution in [3.05, 3.63) is 66.0 Å². The summed E-state index contributed by atoms with van der Waals surface area (Å²) in [5, 5.41) is 10.8. The molecular weight excluding hydrogens is 458 g/mol. The number of para-hydroxylation sites is 1. The SMILES string of the molecule is Cc1ccc(-c2cc(-c3nnc(SCc4nc(N)nc(N(C)C)n4)n3C)c3ccccc3n2)cc1. The topological polar surface area (TPSA) is 112 Å². The van der Waals surface area contributed by atoms with E-state index in [-0.39, 0.29) is 5.95 Å². The summed E-state index contributed by atoms with van der Waals surface area (Å²) in [5.74, 6) is 2.57. The van der Waals surface area contributed by atoms with E-state index in [4.69, 9.17) is 10.7 Å². The summed E-state index contributed by atoms with van der Waals surface area (Å²) in [6.45, 7) is 2.08. The van der Waals surface area contributed by atoms with Gasteiger partial charge in [0.1, 0.15) is 5.82 Å². The van der Waals surface area contributed by atoms with Crippen LogP contribution in [0.1, 0.15) is 11.4 Å². The van der Waals surface area contributed by atoms with E-state index < -0.39 is 0 Å². The van der Waals surface area contributed by atoms with E-state index >= 15 is 0 Å². The van der Waals surface area contributed by atoms with E-state index in [1.807, 2.05) is 43.9 Å². The summed E-state index contributed by atoms with van der Waals surface area (Å²) in [7, 11) is 5.69. The predicted octanol–water partition coefficient (Wildman–Crippen LogP) is 4.13. The van der Waals surface area contributed by atoms with Crippen molar-refractivity contribution in [3.63, 3.8) is 0 Å². The molecular formula is C25H25N9S. The summed E-state index contributed by atoms with van der Waals surface area (Å²) < 4.78 is 1.99. The molecule has 3 aromatic heterocycles. The smallest absolute Gasteiger partial charge is 0.229 e. The molecule has 0 unspecified atom stereocenters. The molecule has 5 aromatic rings. The van der Waals surface area contributed by atoms with Gasteiger partial charge in [0.2, 0.25) is 11.9 Å². The van der Waals surface area contributed by atoms with Gasteiger partial charge in [-0.25, -0.2) is 4.98 Å². The molecule has 0 aliphatic carbocycles. The van der Waals surface area contributed by atoms with Gasteiger partial charge in [0.05, 0.1) is 17.0 Å². The van der Waals surface area contributed by atoms with Crippen LogP contribution in [0.3, 0.4) is 0 Å². The third-order valence-corrected chi connectivity index (χ3v) is 6.57. The summed E-state index contributed by atoms with van der Waals surface area (Å²) in [4.78, 5) is 19.6. The van der Waals surface area contributed by atoms with Gasteiger partial charge < -0.3 is 15.2 Å². The molecule has 0 aliphatic rings. The second-order valence-electron chi connectivity index (χ2n) is 8.40. The van der Waals surface area contributed by atoms with Crippen LogP contribution in [0.4, 0.5) is 11.9 Å². The van der Waals surface area contributed by atoms with Crippen molar-refractivity contribution in [2.45, 2.75) is 17.8 Å². The maximum absolute atomic E-state index is 5.86. The lowest BCUT2D eigenvalue weighted by Crippen LogP contribution is -2.16. The van der Waals surface area contributed by atoms with Crippen LogP contribution in [0.25, 0.3) is 33.5 Å². The molecule has 9 nitrogen and oxygen atoms in total. The number of aryl methyl sites for hydroxylation is 1. The zero-order valence-electron chi connectivity index (χ0n) is 20.0. The van der Waals surface area contributed by atoms with Crippen molar-refractivity contribution in [1.82, 2.24) is 34.7 Å². The first-order valence-corrected chi connectivity index (χ1v) is 12.0. The van der Waals surface area contributed by atoms with Gasteiger partial charge >= 0.3 is 0 Å². The second kappa shape index (κ2) is 9.30. The average molecular weight is 484 g/mol. The molecule has 0 saturated carbocycles. The number of benzene rings is 2. The van der Waals surface area contributed by atoms with Crippen LogP contribution >= 0.6 is 11.8 Å². The molecule has 0 aliphatic heterocycles. The Bertz CT molecular complexity index is 1510. The van der Waals surface area contributed by atoms with Gasteiger partial charge in [0.25, 0.3) is 0 Å². The van der Waals surface area contributed by atoms with Gasteiger partial charge in [-0.2, -0.15) is 15.0 Å². The number of nitrogen functional groups attached to an aromatic ring is 1. The first kappa shape index (κ1) is 22.7. The fourth-order valence-corrected chi connectivity index (χ4v) is 4.49. The number of nitrogens with zero attached hydrogens (tertiary/aromatic N) is 8. The molecule has 0 radical (unpaired) electrons. The van der Waals surface area contributed by atoms with Crippen molar-refractivity contribution in [3.8, 4) is 22.6 Å². The van der Waals surface area contributed by atoms with Gasteiger partial charge in [-0.05, 0) is 19.1 Å². The lowest BCUT2D eigenvalue weighted by atomic mass is 10.0. The van der Waals surface area contributed by atoms with Gasteiger partial charge in [0.15, 0.2) is 11.0 Å². The van der Waals surface area contributed by atoms with Gasteiger partial charge in [-0.15, -0.1) is 10.2 Å². The van der Waals surface area contributed by atoms with E-state index in [0.717, 1.165) is 38.7 Å². The molecule has 0 atom stereocenters. The molecule has 2 aromatic carbocycles. The second-order valence-corrected chi connectivity index (χ2v) is 9.34. The van der Waals surface area contributed by atoms with Crippen molar-refractivity contribution >= 4 is 34.6 Å². The van der Waals surface area contributed by atoms with Crippen LogP contribution in [0.15, 0.2) is 59.8 Å². The van der Waals surface area contributed by atoms with Crippen LogP contribution in [-0.4, -0.2) is 48.8 Å². The monoisotopic (exact) mass is 483 g/mol. The Labute approximate surface area is 207 Å². The zero-order chi connectivity index (χ0) is 24.5. The Kier molecular flexibility index (Phi) is 6.04. The molecule has 176 valence electrons. The Hall–Kier alpha value is -4.05. The van der Waals surface area contributed by atoms with Gasteiger partial charge in [-0.1, -0.05) is 59.8 Å². The molecule has 10 heteroatoms. The number of hydrogen-bond donors (Lipinski definition) is 1. The van der Waals surface area contributed by atoms with E-state index in [0.29, 0.717) is 17.5 Å². The summed E-state index contributed by atoms with van der Waals surface area (Å²) >= 11 is 1.50. The minimum Gasteiger partial charge on any atom is -0.368 e. The van der Waals surface area contributed by atoms with Crippen molar-refractivity contribution in [1.29, 1.82) is 0 Å². The predicted molar refractivity (Wildman–Crippen MR) is 140 cm³/mol. The number of nitrogens with two attached hydrogens (primary N) is 1. The Morgan fingerprint density at radius 2 is 1.71 bits per heavy atom. The number of thioether (sulfide) groups is 1. The van der Waals surface area contributed by atoms with Crippen LogP contribution in [-0.2, 0) is 12.8 Å². The molecule has 0 bridgehead atoms. The number of aromatic nitrogens is 7. The largest absolute Gasteiger partial charge is 0.368 e. The minimum atomic E-state index is 0.199. The molecule has 5 rings (SSSR count). The number of pyridine rings is 1. The maximum atomic E-state index is 5.86. The highest BCUT2D eigenvalue weighted by atomic mass is 32.2. The third-order valence-electron chi connectivity index (χ3n) is 5.56. The van der Waals surface area contributed by atoms with Crippen LogP contribution in [0.5, 0.6) is 0 Å². The van der Waals surface area contributed by atoms with Crippen molar-refractivity contribution in [2.75, 3.05) is 24.7 Å². The average Bonchev–Trinajstić information content (AvgIpc) is 3.22. The lowest BCUT2D eigenvalue weighted by molar-refractivity contribution is 0.792. The fourth-order valence-electron chi connectivity index (χ4n) is 3.73. The van der Waals surface area contributed by atoms with Gasteiger partial charge in [0, 0.05) is 37.7 Å². The molecule has 0 spiro atoms. The zero-order valence-corrected chi connectivity index (χ0v) is 20.8.